The average Bonchev–Trinajstić information content (AvgIpc) is 2.37. The van der Waals surface area contributed by atoms with Crippen LogP contribution in [0, 0.1) is 0 Å². The molecule has 0 saturated carbocycles. The summed E-state index contributed by atoms with van der Waals surface area (Å²) in [4.78, 5) is 13.5. The van der Waals surface area contributed by atoms with Crippen LogP contribution in [0.5, 0.6) is 0 Å². The van der Waals surface area contributed by atoms with E-state index in [1.165, 1.54) is 5.56 Å². The first-order valence-corrected chi connectivity index (χ1v) is 6.59. The van der Waals surface area contributed by atoms with Gasteiger partial charge in [0.2, 0.25) is 5.91 Å². The number of benzene rings is 1. The highest BCUT2D eigenvalue weighted by Gasteiger charge is 2.18. The van der Waals surface area contributed by atoms with Crippen LogP contribution < -0.4 is 15.5 Å². The van der Waals surface area contributed by atoms with Gasteiger partial charge in [-0.05, 0) is 24.2 Å². The average molecular weight is 268 g/mol. The Bertz CT molecular complexity index is 436. The van der Waals surface area contributed by atoms with Crippen molar-refractivity contribution in [1.29, 1.82) is 0 Å². The van der Waals surface area contributed by atoms with Crippen LogP contribution in [0.1, 0.15) is 12.5 Å². The second-order valence-electron chi connectivity index (χ2n) is 4.32. The Morgan fingerprint density at radius 1 is 1.50 bits per heavy atom. The van der Waals surface area contributed by atoms with Crippen LogP contribution in [0.2, 0.25) is 5.02 Å². The molecule has 1 saturated heterocycles. The van der Waals surface area contributed by atoms with Gasteiger partial charge >= 0.3 is 0 Å². The van der Waals surface area contributed by atoms with Gasteiger partial charge in [-0.1, -0.05) is 24.6 Å². The SMILES string of the molecule is CCNCc1ccc(Cl)cc1N1CCNC(=O)C1. The molecule has 1 fully saturated rings. The minimum absolute atomic E-state index is 0.0654. The number of amides is 1. The molecule has 1 aromatic carbocycles. The van der Waals surface area contributed by atoms with Gasteiger partial charge < -0.3 is 15.5 Å². The van der Waals surface area contributed by atoms with E-state index in [9.17, 15) is 4.79 Å². The van der Waals surface area contributed by atoms with Crippen LogP contribution in [-0.2, 0) is 11.3 Å². The summed E-state index contributed by atoms with van der Waals surface area (Å²) in [5.41, 5.74) is 2.23. The molecule has 18 heavy (non-hydrogen) atoms. The maximum atomic E-state index is 11.5. The number of rotatable bonds is 4. The molecule has 2 rings (SSSR count). The molecule has 0 atom stereocenters. The van der Waals surface area contributed by atoms with Crippen LogP contribution in [0.25, 0.3) is 0 Å². The maximum absolute atomic E-state index is 11.5. The van der Waals surface area contributed by atoms with E-state index < -0.39 is 0 Å². The van der Waals surface area contributed by atoms with Crippen molar-refractivity contribution in [1.82, 2.24) is 10.6 Å². The fourth-order valence-corrected chi connectivity index (χ4v) is 2.25. The maximum Gasteiger partial charge on any atom is 0.239 e. The molecule has 0 spiro atoms. The largest absolute Gasteiger partial charge is 0.360 e. The smallest absolute Gasteiger partial charge is 0.239 e. The van der Waals surface area contributed by atoms with E-state index >= 15 is 0 Å². The summed E-state index contributed by atoms with van der Waals surface area (Å²) in [5, 5.41) is 6.84. The number of hydrogen-bond donors (Lipinski definition) is 2. The van der Waals surface area contributed by atoms with E-state index in [1.54, 1.807) is 0 Å². The van der Waals surface area contributed by atoms with E-state index in [0.717, 1.165) is 25.3 Å². The Kier molecular flexibility index (Phi) is 4.44. The third-order valence-corrected chi connectivity index (χ3v) is 3.23. The zero-order valence-corrected chi connectivity index (χ0v) is 11.3. The lowest BCUT2D eigenvalue weighted by Crippen LogP contribution is -2.48. The Hall–Kier alpha value is -1.26. The predicted octanol–water partition coefficient (Wildman–Crippen LogP) is 1.39. The van der Waals surface area contributed by atoms with Crippen molar-refractivity contribution >= 4 is 23.2 Å². The number of nitrogens with zero attached hydrogens (tertiary/aromatic N) is 1. The zero-order chi connectivity index (χ0) is 13.0. The van der Waals surface area contributed by atoms with Crippen LogP contribution in [0.4, 0.5) is 5.69 Å². The van der Waals surface area contributed by atoms with Crippen molar-refractivity contribution < 1.29 is 4.79 Å². The zero-order valence-electron chi connectivity index (χ0n) is 10.5. The summed E-state index contributed by atoms with van der Waals surface area (Å²) in [6.07, 6.45) is 0. The topological polar surface area (TPSA) is 44.4 Å². The Morgan fingerprint density at radius 3 is 3.06 bits per heavy atom. The second-order valence-corrected chi connectivity index (χ2v) is 4.76. The molecule has 0 bridgehead atoms. The Morgan fingerprint density at radius 2 is 2.33 bits per heavy atom. The minimum Gasteiger partial charge on any atom is -0.360 e. The summed E-state index contributed by atoms with van der Waals surface area (Å²) in [6.45, 7) is 5.70. The first-order valence-electron chi connectivity index (χ1n) is 6.21. The summed E-state index contributed by atoms with van der Waals surface area (Å²) >= 11 is 6.06. The molecular weight excluding hydrogens is 250 g/mol. The van der Waals surface area contributed by atoms with Gasteiger partial charge in [-0.15, -0.1) is 0 Å². The fraction of sp³-hybridized carbons (Fsp3) is 0.462. The van der Waals surface area contributed by atoms with Gasteiger partial charge in [0.05, 0.1) is 6.54 Å². The highest BCUT2D eigenvalue weighted by atomic mass is 35.5. The molecule has 1 aromatic rings. The number of hydrogen-bond acceptors (Lipinski definition) is 3. The summed E-state index contributed by atoms with van der Waals surface area (Å²) < 4.78 is 0. The van der Waals surface area contributed by atoms with E-state index in [1.807, 2.05) is 18.2 Å². The van der Waals surface area contributed by atoms with Gasteiger partial charge in [-0.25, -0.2) is 0 Å². The fourth-order valence-electron chi connectivity index (χ4n) is 2.08. The van der Waals surface area contributed by atoms with Gasteiger partial charge in [-0.3, -0.25) is 4.79 Å². The lowest BCUT2D eigenvalue weighted by atomic mass is 10.1. The van der Waals surface area contributed by atoms with Crippen LogP contribution >= 0.6 is 11.6 Å². The summed E-state index contributed by atoms with van der Waals surface area (Å²) in [6, 6.07) is 5.85. The molecule has 0 aromatic heterocycles. The van der Waals surface area contributed by atoms with E-state index in [4.69, 9.17) is 11.6 Å². The number of anilines is 1. The highest BCUT2D eigenvalue weighted by molar-refractivity contribution is 6.30. The third kappa shape index (κ3) is 3.15. The molecule has 0 radical (unpaired) electrons. The molecule has 1 amide bonds. The van der Waals surface area contributed by atoms with Gasteiger partial charge in [0.1, 0.15) is 0 Å². The summed E-state index contributed by atoms with van der Waals surface area (Å²) in [7, 11) is 0. The third-order valence-electron chi connectivity index (χ3n) is 2.99. The van der Waals surface area contributed by atoms with Gasteiger partial charge in [-0.2, -0.15) is 0 Å². The Labute approximate surface area is 112 Å². The molecule has 5 heteroatoms. The van der Waals surface area contributed by atoms with Crippen LogP contribution in [0.15, 0.2) is 18.2 Å². The lowest BCUT2D eigenvalue weighted by molar-refractivity contribution is -0.120. The van der Waals surface area contributed by atoms with Crippen molar-refractivity contribution in [2.45, 2.75) is 13.5 Å². The minimum atomic E-state index is 0.0654. The van der Waals surface area contributed by atoms with E-state index in [2.05, 4.69) is 22.5 Å². The number of halogens is 1. The molecular formula is C13H18ClN3O. The quantitative estimate of drug-likeness (QED) is 0.867. The van der Waals surface area contributed by atoms with Crippen molar-refractivity contribution in [3.05, 3.63) is 28.8 Å². The molecule has 98 valence electrons. The first kappa shape index (κ1) is 13.2. The monoisotopic (exact) mass is 267 g/mol. The first-order chi connectivity index (χ1) is 8.70. The van der Waals surface area contributed by atoms with E-state index in [0.29, 0.717) is 18.1 Å². The van der Waals surface area contributed by atoms with Crippen LogP contribution in [0.3, 0.4) is 0 Å². The van der Waals surface area contributed by atoms with E-state index in [-0.39, 0.29) is 5.91 Å². The number of carbonyl (C=O) groups excluding carboxylic acids is 1. The molecule has 1 aliphatic heterocycles. The molecule has 1 heterocycles. The molecule has 4 nitrogen and oxygen atoms in total. The van der Waals surface area contributed by atoms with Gasteiger partial charge in [0.25, 0.3) is 0 Å². The van der Waals surface area contributed by atoms with Crippen molar-refractivity contribution in [2.75, 3.05) is 31.1 Å². The Balaban J connectivity index is 2.22. The molecule has 0 aliphatic carbocycles. The highest BCUT2D eigenvalue weighted by Crippen LogP contribution is 2.25. The molecule has 0 unspecified atom stereocenters. The number of nitrogens with one attached hydrogen (secondary N) is 2. The molecule has 1 aliphatic rings. The van der Waals surface area contributed by atoms with Crippen molar-refractivity contribution in [3.8, 4) is 0 Å². The molecule has 2 N–H and O–H groups in total. The van der Waals surface area contributed by atoms with Gasteiger partial charge in [0, 0.05) is 30.3 Å². The van der Waals surface area contributed by atoms with Crippen LogP contribution in [-0.4, -0.2) is 32.1 Å². The summed E-state index contributed by atoms with van der Waals surface area (Å²) in [5.74, 6) is 0.0654. The van der Waals surface area contributed by atoms with Crippen molar-refractivity contribution in [2.24, 2.45) is 0 Å². The van der Waals surface area contributed by atoms with Gasteiger partial charge in [0.15, 0.2) is 0 Å². The number of carbonyl (C=O) groups is 1. The standard InChI is InChI=1S/C13H18ClN3O/c1-2-15-8-10-3-4-11(14)7-12(10)17-6-5-16-13(18)9-17/h3-4,7,15H,2,5-6,8-9H2,1H3,(H,16,18). The second kappa shape index (κ2) is 6.07. The van der Waals surface area contributed by atoms with Crippen molar-refractivity contribution in [3.63, 3.8) is 0 Å². The predicted molar refractivity (Wildman–Crippen MR) is 74.1 cm³/mol. The normalized spacial score (nSPS) is 15.7. The lowest BCUT2D eigenvalue weighted by Gasteiger charge is -2.30. The number of piperazine rings is 1.